The number of halogens is 1. The minimum atomic E-state index is -0.426. The number of benzene rings is 3. The van der Waals surface area contributed by atoms with E-state index in [0.29, 0.717) is 5.02 Å². The second-order valence-electron chi connectivity index (χ2n) is 8.67. The van der Waals surface area contributed by atoms with Gasteiger partial charge in [0.1, 0.15) is 0 Å². The highest BCUT2D eigenvalue weighted by molar-refractivity contribution is 6.62. The number of hydrogen-bond acceptors (Lipinski definition) is 2. The van der Waals surface area contributed by atoms with Gasteiger partial charge in [-0.1, -0.05) is 54.1 Å². The molecule has 0 amide bonds. The van der Waals surface area contributed by atoms with Crippen LogP contribution in [0, 0.1) is 0 Å². The third kappa shape index (κ3) is 2.82. The first-order valence-corrected chi connectivity index (χ1v) is 10.3. The minimum absolute atomic E-state index is 0.379. The largest absolute Gasteiger partial charge is 0.494 e. The molecule has 1 fully saturated rings. The maximum absolute atomic E-state index is 6.81. The molecule has 146 valence electrons. The molecule has 1 aromatic heterocycles. The van der Waals surface area contributed by atoms with Crippen molar-refractivity contribution in [3.8, 4) is 5.69 Å². The summed E-state index contributed by atoms with van der Waals surface area (Å²) < 4.78 is 14.6. The molecule has 1 aliphatic rings. The first-order chi connectivity index (χ1) is 13.8. The Labute approximate surface area is 176 Å². The van der Waals surface area contributed by atoms with Crippen molar-refractivity contribution in [2.24, 2.45) is 0 Å². The van der Waals surface area contributed by atoms with Gasteiger partial charge < -0.3 is 13.9 Å². The third-order valence-corrected chi connectivity index (χ3v) is 6.62. The van der Waals surface area contributed by atoms with Crippen LogP contribution >= 0.6 is 11.6 Å². The quantitative estimate of drug-likeness (QED) is 0.399. The number of para-hydroxylation sites is 2. The van der Waals surface area contributed by atoms with Gasteiger partial charge in [-0.05, 0) is 57.4 Å². The van der Waals surface area contributed by atoms with Crippen LogP contribution in [0.4, 0.5) is 0 Å². The molecule has 0 saturated carbocycles. The van der Waals surface area contributed by atoms with E-state index in [9.17, 15) is 0 Å². The molecule has 3 aromatic carbocycles. The number of rotatable bonds is 2. The Morgan fingerprint density at radius 2 is 1.28 bits per heavy atom. The first kappa shape index (κ1) is 18.7. The molecule has 0 bridgehead atoms. The normalized spacial score (nSPS) is 18.0. The molecule has 3 nitrogen and oxygen atoms in total. The molecule has 5 heteroatoms. The lowest BCUT2D eigenvalue weighted by Gasteiger charge is -2.32. The summed E-state index contributed by atoms with van der Waals surface area (Å²) in [6.45, 7) is 8.23. The molecular weight excluding hydrogens is 381 g/mol. The SMILES string of the molecule is CC1(C)OB(c2ccc(-n3c4ccccc4c4ccccc43)c(Cl)c2)OC1(C)C. The van der Waals surface area contributed by atoms with Gasteiger partial charge in [-0.25, -0.2) is 0 Å². The number of fused-ring (bicyclic) bond motifs is 3. The minimum Gasteiger partial charge on any atom is -0.399 e. The van der Waals surface area contributed by atoms with Crippen molar-refractivity contribution in [3.63, 3.8) is 0 Å². The lowest BCUT2D eigenvalue weighted by molar-refractivity contribution is 0.00578. The average Bonchev–Trinajstić information content (AvgIpc) is 3.12. The van der Waals surface area contributed by atoms with Gasteiger partial charge in [0, 0.05) is 10.8 Å². The summed E-state index contributed by atoms with van der Waals surface area (Å²) in [7, 11) is -0.426. The second kappa shape index (κ2) is 6.37. The van der Waals surface area contributed by atoms with Crippen LogP contribution in [-0.2, 0) is 9.31 Å². The molecule has 0 spiro atoms. The van der Waals surface area contributed by atoms with Crippen LogP contribution in [0.15, 0.2) is 66.7 Å². The van der Waals surface area contributed by atoms with Crippen molar-refractivity contribution in [2.45, 2.75) is 38.9 Å². The van der Waals surface area contributed by atoms with E-state index in [1.54, 1.807) is 0 Å². The molecule has 5 rings (SSSR count). The van der Waals surface area contributed by atoms with Gasteiger partial charge in [0.25, 0.3) is 0 Å². The van der Waals surface area contributed by atoms with Crippen molar-refractivity contribution in [2.75, 3.05) is 0 Å². The molecule has 0 aliphatic carbocycles. The summed E-state index contributed by atoms with van der Waals surface area (Å²) in [6, 6.07) is 22.9. The second-order valence-corrected chi connectivity index (χ2v) is 9.08. The van der Waals surface area contributed by atoms with Crippen LogP contribution in [0.2, 0.25) is 5.02 Å². The molecule has 1 aliphatic heterocycles. The van der Waals surface area contributed by atoms with Crippen LogP contribution in [0.3, 0.4) is 0 Å². The molecule has 1 saturated heterocycles. The molecule has 2 heterocycles. The lowest BCUT2D eigenvalue weighted by atomic mass is 9.79. The van der Waals surface area contributed by atoms with Crippen molar-refractivity contribution in [1.29, 1.82) is 0 Å². The molecule has 29 heavy (non-hydrogen) atoms. The van der Waals surface area contributed by atoms with Crippen molar-refractivity contribution < 1.29 is 9.31 Å². The summed E-state index contributed by atoms with van der Waals surface area (Å²) in [5.74, 6) is 0. The average molecular weight is 404 g/mol. The Morgan fingerprint density at radius 3 is 1.79 bits per heavy atom. The molecule has 0 atom stereocenters. The van der Waals surface area contributed by atoms with Gasteiger partial charge in [-0.15, -0.1) is 0 Å². The van der Waals surface area contributed by atoms with E-state index in [1.165, 1.54) is 10.8 Å². The molecule has 4 aromatic rings. The van der Waals surface area contributed by atoms with Crippen molar-refractivity contribution in [3.05, 3.63) is 71.8 Å². The molecular formula is C24H23BClNO2. The van der Waals surface area contributed by atoms with Crippen LogP contribution in [0.1, 0.15) is 27.7 Å². The predicted molar refractivity (Wildman–Crippen MR) is 122 cm³/mol. The van der Waals surface area contributed by atoms with E-state index < -0.39 is 7.12 Å². The zero-order valence-corrected chi connectivity index (χ0v) is 17.8. The van der Waals surface area contributed by atoms with Crippen molar-refractivity contribution >= 4 is 46.0 Å². The summed E-state index contributed by atoms with van der Waals surface area (Å²) >= 11 is 6.81. The van der Waals surface area contributed by atoms with E-state index in [1.807, 2.05) is 12.1 Å². The number of hydrogen-bond donors (Lipinski definition) is 0. The van der Waals surface area contributed by atoms with Gasteiger partial charge in [-0.2, -0.15) is 0 Å². The Balaban J connectivity index is 1.64. The fraction of sp³-hybridized carbons (Fsp3) is 0.250. The summed E-state index contributed by atoms with van der Waals surface area (Å²) in [5.41, 5.74) is 3.39. The summed E-state index contributed by atoms with van der Waals surface area (Å²) in [6.07, 6.45) is 0. The monoisotopic (exact) mass is 403 g/mol. The van der Waals surface area contributed by atoms with E-state index >= 15 is 0 Å². The number of nitrogens with zero attached hydrogens (tertiary/aromatic N) is 1. The zero-order chi connectivity index (χ0) is 20.4. The Bertz CT molecular complexity index is 1180. The van der Waals surface area contributed by atoms with E-state index in [4.69, 9.17) is 20.9 Å². The lowest BCUT2D eigenvalue weighted by Crippen LogP contribution is -2.41. The zero-order valence-electron chi connectivity index (χ0n) is 17.1. The Hall–Kier alpha value is -2.27. The summed E-state index contributed by atoms with van der Waals surface area (Å²) in [5, 5.41) is 3.10. The van der Waals surface area contributed by atoms with Gasteiger partial charge >= 0.3 is 7.12 Å². The highest BCUT2D eigenvalue weighted by Crippen LogP contribution is 2.37. The third-order valence-electron chi connectivity index (χ3n) is 6.32. The number of aromatic nitrogens is 1. The highest BCUT2D eigenvalue weighted by atomic mass is 35.5. The molecule has 0 radical (unpaired) electrons. The topological polar surface area (TPSA) is 23.4 Å². The van der Waals surface area contributed by atoms with Crippen LogP contribution < -0.4 is 5.46 Å². The fourth-order valence-corrected chi connectivity index (χ4v) is 4.29. The molecule has 0 N–H and O–H groups in total. The van der Waals surface area contributed by atoms with Crippen LogP contribution in [-0.4, -0.2) is 22.9 Å². The van der Waals surface area contributed by atoms with Crippen molar-refractivity contribution in [1.82, 2.24) is 4.57 Å². The van der Waals surface area contributed by atoms with E-state index in [0.717, 1.165) is 22.2 Å². The van der Waals surface area contributed by atoms with Gasteiger partial charge in [0.05, 0.1) is 32.9 Å². The van der Waals surface area contributed by atoms with E-state index in [2.05, 4.69) is 86.9 Å². The Kier molecular flexibility index (Phi) is 4.11. The van der Waals surface area contributed by atoms with Gasteiger partial charge in [-0.3, -0.25) is 0 Å². The Morgan fingerprint density at radius 1 is 0.759 bits per heavy atom. The van der Waals surface area contributed by atoms with Crippen LogP contribution in [0.25, 0.3) is 27.5 Å². The molecule has 0 unspecified atom stereocenters. The van der Waals surface area contributed by atoms with E-state index in [-0.39, 0.29) is 11.2 Å². The highest BCUT2D eigenvalue weighted by Gasteiger charge is 2.51. The van der Waals surface area contributed by atoms with Crippen LogP contribution in [0.5, 0.6) is 0 Å². The van der Waals surface area contributed by atoms with Gasteiger partial charge in [0.2, 0.25) is 0 Å². The smallest absolute Gasteiger partial charge is 0.399 e. The standard InChI is InChI=1S/C24H23BClNO2/c1-23(2)24(3,4)29-25(28-23)16-13-14-22(19(26)15-16)27-20-11-7-5-9-17(20)18-10-6-8-12-21(18)27/h5-15H,1-4H3. The maximum atomic E-state index is 6.81. The maximum Gasteiger partial charge on any atom is 0.494 e. The fourth-order valence-electron chi connectivity index (χ4n) is 4.01. The first-order valence-electron chi connectivity index (χ1n) is 9.92. The predicted octanol–water partition coefficient (Wildman–Crippen LogP) is 5.74. The van der Waals surface area contributed by atoms with Gasteiger partial charge in [0.15, 0.2) is 0 Å². The summed E-state index contributed by atoms with van der Waals surface area (Å²) in [4.78, 5) is 0.